The number of anilines is 1. The summed E-state index contributed by atoms with van der Waals surface area (Å²) in [6.07, 6.45) is 3.69. The average Bonchev–Trinajstić information content (AvgIpc) is 2.59. The maximum Gasteiger partial charge on any atom is 0.312 e. The monoisotopic (exact) mass is 304 g/mol. The molecule has 0 unspecified atom stereocenters. The third-order valence-electron chi connectivity index (χ3n) is 3.92. The molecule has 1 fully saturated rings. The van der Waals surface area contributed by atoms with Gasteiger partial charge >= 0.3 is 11.8 Å². The van der Waals surface area contributed by atoms with Gasteiger partial charge in [0.2, 0.25) is 0 Å². The summed E-state index contributed by atoms with van der Waals surface area (Å²) in [7, 11) is 1.69. The van der Waals surface area contributed by atoms with Crippen LogP contribution >= 0.6 is 0 Å². The Morgan fingerprint density at radius 3 is 2.55 bits per heavy atom. The van der Waals surface area contributed by atoms with Crippen LogP contribution in [0, 0.1) is 0 Å². The molecule has 0 atom stereocenters. The summed E-state index contributed by atoms with van der Waals surface area (Å²) in [6.45, 7) is 5.22. The van der Waals surface area contributed by atoms with Gasteiger partial charge in [-0.1, -0.05) is 19.4 Å². The zero-order valence-electron chi connectivity index (χ0n) is 13.4. The first-order chi connectivity index (χ1) is 10.6. The van der Waals surface area contributed by atoms with Crippen LogP contribution in [-0.2, 0) is 9.59 Å². The number of piperazine rings is 1. The smallest absolute Gasteiger partial charge is 0.312 e. The number of amides is 2. The van der Waals surface area contributed by atoms with Gasteiger partial charge in [-0.2, -0.15) is 0 Å². The zero-order chi connectivity index (χ0) is 15.9. The second-order valence-corrected chi connectivity index (χ2v) is 5.55. The number of hydrogen-bond donors (Lipinski definition) is 0. The molecule has 0 N–H and O–H groups in total. The number of likely N-dealkylation sites (N-methyl/N-ethyl adjacent to an activating group) is 1. The molecule has 1 aromatic heterocycles. The van der Waals surface area contributed by atoms with E-state index in [1.807, 2.05) is 18.2 Å². The summed E-state index contributed by atoms with van der Waals surface area (Å²) in [5, 5.41) is 0. The van der Waals surface area contributed by atoms with E-state index in [2.05, 4.69) is 16.8 Å². The first-order valence-electron chi connectivity index (χ1n) is 7.84. The standard InChI is InChI=1S/C16H24N4O2/c1-3-4-9-18(2)15(21)16(22)20-12-10-19(11-13-20)14-7-5-6-8-17-14/h5-8H,3-4,9-13H2,1-2H3. The SMILES string of the molecule is CCCCN(C)C(=O)C(=O)N1CCN(c2ccccn2)CC1. The van der Waals surface area contributed by atoms with Gasteiger partial charge in [0.05, 0.1) is 0 Å². The van der Waals surface area contributed by atoms with Gasteiger partial charge < -0.3 is 14.7 Å². The van der Waals surface area contributed by atoms with Gasteiger partial charge in [0.15, 0.2) is 0 Å². The van der Waals surface area contributed by atoms with Crippen LogP contribution in [-0.4, -0.2) is 66.4 Å². The summed E-state index contributed by atoms with van der Waals surface area (Å²) in [5.41, 5.74) is 0. The Balaban J connectivity index is 1.86. The Hall–Kier alpha value is -2.11. The Morgan fingerprint density at radius 2 is 1.95 bits per heavy atom. The highest BCUT2D eigenvalue weighted by molar-refractivity contribution is 6.34. The Kier molecular flexibility index (Phi) is 5.75. The molecule has 0 aliphatic carbocycles. The molecule has 1 aliphatic heterocycles. The topological polar surface area (TPSA) is 56.8 Å². The van der Waals surface area contributed by atoms with E-state index in [0.717, 1.165) is 18.7 Å². The molecule has 22 heavy (non-hydrogen) atoms. The molecule has 0 radical (unpaired) electrons. The lowest BCUT2D eigenvalue weighted by molar-refractivity contribution is -0.151. The predicted molar refractivity (Wildman–Crippen MR) is 85.6 cm³/mol. The number of carbonyl (C=O) groups excluding carboxylic acids is 2. The maximum absolute atomic E-state index is 12.2. The average molecular weight is 304 g/mol. The highest BCUT2D eigenvalue weighted by Gasteiger charge is 2.28. The molecule has 2 amide bonds. The fraction of sp³-hybridized carbons (Fsp3) is 0.562. The van der Waals surface area contributed by atoms with E-state index in [1.165, 1.54) is 4.90 Å². The second-order valence-electron chi connectivity index (χ2n) is 5.55. The highest BCUT2D eigenvalue weighted by Crippen LogP contribution is 2.12. The van der Waals surface area contributed by atoms with Crippen molar-refractivity contribution in [3.63, 3.8) is 0 Å². The maximum atomic E-state index is 12.2. The minimum atomic E-state index is -0.403. The largest absolute Gasteiger partial charge is 0.353 e. The summed E-state index contributed by atoms with van der Waals surface area (Å²) >= 11 is 0. The van der Waals surface area contributed by atoms with Gasteiger partial charge in [-0.25, -0.2) is 4.98 Å². The van der Waals surface area contributed by atoms with Gasteiger partial charge in [0, 0.05) is 46.0 Å². The number of pyridine rings is 1. The van der Waals surface area contributed by atoms with Crippen LogP contribution in [0.5, 0.6) is 0 Å². The van der Waals surface area contributed by atoms with Gasteiger partial charge in [-0.3, -0.25) is 9.59 Å². The first-order valence-corrected chi connectivity index (χ1v) is 7.84. The van der Waals surface area contributed by atoms with Crippen LogP contribution in [0.2, 0.25) is 0 Å². The fourth-order valence-corrected chi connectivity index (χ4v) is 2.47. The van der Waals surface area contributed by atoms with Crippen LogP contribution in [0.3, 0.4) is 0 Å². The van der Waals surface area contributed by atoms with E-state index in [9.17, 15) is 9.59 Å². The van der Waals surface area contributed by atoms with Gasteiger partial charge in [-0.05, 0) is 18.6 Å². The van der Waals surface area contributed by atoms with Crippen molar-refractivity contribution in [3.05, 3.63) is 24.4 Å². The number of carbonyl (C=O) groups is 2. The van der Waals surface area contributed by atoms with E-state index >= 15 is 0 Å². The molecule has 1 saturated heterocycles. The molecule has 1 aliphatic rings. The molecule has 0 spiro atoms. The van der Waals surface area contributed by atoms with Crippen LogP contribution < -0.4 is 4.90 Å². The molecule has 0 saturated carbocycles. The van der Waals surface area contributed by atoms with Crippen LogP contribution in [0.1, 0.15) is 19.8 Å². The van der Waals surface area contributed by atoms with E-state index in [4.69, 9.17) is 0 Å². The molecule has 0 bridgehead atoms. The summed E-state index contributed by atoms with van der Waals surface area (Å²) in [4.78, 5) is 34.0. The van der Waals surface area contributed by atoms with Crippen LogP contribution in [0.4, 0.5) is 5.82 Å². The fourth-order valence-electron chi connectivity index (χ4n) is 2.47. The Morgan fingerprint density at radius 1 is 1.23 bits per heavy atom. The summed E-state index contributed by atoms with van der Waals surface area (Å²) < 4.78 is 0. The van der Waals surface area contributed by atoms with Crippen LogP contribution in [0.15, 0.2) is 24.4 Å². The molecular weight excluding hydrogens is 280 g/mol. The van der Waals surface area contributed by atoms with Crippen molar-refractivity contribution in [2.24, 2.45) is 0 Å². The molecule has 6 nitrogen and oxygen atoms in total. The van der Waals surface area contributed by atoms with E-state index in [0.29, 0.717) is 32.7 Å². The van der Waals surface area contributed by atoms with Crippen LogP contribution in [0.25, 0.3) is 0 Å². The molecule has 120 valence electrons. The van der Waals surface area contributed by atoms with Crippen molar-refractivity contribution in [3.8, 4) is 0 Å². The molecule has 1 aromatic rings. The van der Waals surface area contributed by atoms with Crippen molar-refractivity contribution < 1.29 is 9.59 Å². The normalized spacial score (nSPS) is 14.8. The lowest BCUT2D eigenvalue weighted by Gasteiger charge is -2.35. The molecular formula is C16H24N4O2. The summed E-state index contributed by atoms with van der Waals surface area (Å²) in [6, 6.07) is 5.79. The minimum Gasteiger partial charge on any atom is -0.353 e. The van der Waals surface area contributed by atoms with Gasteiger partial charge in [0.1, 0.15) is 5.82 Å². The number of unbranched alkanes of at least 4 members (excludes halogenated alkanes) is 1. The molecule has 6 heteroatoms. The number of aromatic nitrogens is 1. The highest BCUT2D eigenvalue weighted by atomic mass is 16.2. The Labute approximate surface area is 131 Å². The molecule has 2 rings (SSSR count). The van der Waals surface area contributed by atoms with Gasteiger partial charge in [0.25, 0.3) is 0 Å². The number of rotatable bonds is 4. The third-order valence-corrected chi connectivity index (χ3v) is 3.92. The van der Waals surface area contributed by atoms with Gasteiger partial charge in [-0.15, -0.1) is 0 Å². The lowest BCUT2D eigenvalue weighted by atomic mass is 10.2. The van der Waals surface area contributed by atoms with Crippen molar-refractivity contribution in [2.45, 2.75) is 19.8 Å². The third kappa shape index (κ3) is 3.96. The first kappa shape index (κ1) is 16.3. The minimum absolute atomic E-state index is 0.390. The van der Waals surface area contributed by atoms with Crippen molar-refractivity contribution in [1.82, 2.24) is 14.8 Å². The molecule has 2 heterocycles. The second kappa shape index (κ2) is 7.77. The Bertz CT molecular complexity index is 498. The quantitative estimate of drug-likeness (QED) is 0.778. The van der Waals surface area contributed by atoms with E-state index in [1.54, 1.807) is 18.1 Å². The zero-order valence-corrected chi connectivity index (χ0v) is 13.4. The summed E-state index contributed by atoms with van der Waals surface area (Å²) in [5.74, 6) is 0.125. The molecule has 0 aromatic carbocycles. The predicted octanol–water partition coefficient (Wildman–Crippen LogP) is 0.989. The number of nitrogens with zero attached hydrogens (tertiary/aromatic N) is 4. The number of hydrogen-bond acceptors (Lipinski definition) is 4. The van der Waals surface area contributed by atoms with Crippen molar-refractivity contribution in [1.29, 1.82) is 0 Å². The van der Waals surface area contributed by atoms with E-state index in [-0.39, 0.29) is 5.91 Å². The lowest BCUT2D eigenvalue weighted by Crippen LogP contribution is -2.53. The van der Waals surface area contributed by atoms with Crippen molar-refractivity contribution in [2.75, 3.05) is 44.7 Å². The van der Waals surface area contributed by atoms with E-state index < -0.39 is 5.91 Å². The van der Waals surface area contributed by atoms with Crippen molar-refractivity contribution >= 4 is 17.6 Å².